The molecule has 0 bridgehead atoms. The minimum atomic E-state index is 0.130. The minimum Gasteiger partial charge on any atom is -0.367 e. The number of benzene rings is 2. The summed E-state index contributed by atoms with van der Waals surface area (Å²) in [6.07, 6.45) is 2.26. The Morgan fingerprint density at radius 1 is 0.964 bits per heavy atom. The van der Waals surface area contributed by atoms with E-state index in [1.54, 1.807) is 0 Å². The second-order valence-corrected chi connectivity index (χ2v) is 7.12. The highest BCUT2D eigenvalue weighted by molar-refractivity contribution is 5.78. The fourth-order valence-corrected chi connectivity index (χ4v) is 3.63. The summed E-state index contributed by atoms with van der Waals surface area (Å²) in [6, 6.07) is 22.7. The standard InChI is InChI=1S/C23H22N4O/c1-2-6-17(7-3-1)22-15-27-14-20(28-16-23(27)26-22)13-24-12-19-11-10-18-8-4-5-9-21(18)25-19/h1-11,15,20,24H,12-14,16H2/t20-/m0/s1. The van der Waals surface area contributed by atoms with Gasteiger partial charge >= 0.3 is 0 Å². The van der Waals surface area contributed by atoms with Crippen molar-refractivity contribution in [3.8, 4) is 11.3 Å². The molecule has 1 atom stereocenters. The number of fused-ring (bicyclic) bond motifs is 2. The molecule has 0 aliphatic carbocycles. The van der Waals surface area contributed by atoms with Gasteiger partial charge in [0, 0.05) is 30.2 Å². The second kappa shape index (κ2) is 7.54. The summed E-state index contributed by atoms with van der Waals surface area (Å²) in [4.78, 5) is 9.43. The zero-order valence-electron chi connectivity index (χ0n) is 15.6. The van der Waals surface area contributed by atoms with E-state index in [0.717, 1.165) is 47.9 Å². The highest BCUT2D eigenvalue weighted by Gasteiger charge is 2.21. The van der Waals surface area contributed by atoms with Crippen LogP contribution in [0.1, 0.15) is 11.5 Å². The van der Waals surface area contributed by atoms with Gasteiger partial charge in [-0.2, -0.15) is 0 Å². The number of aromatic nitrogens is 3. The van der Waals surface area contributed by atoms with Gasteiger partial charge in [-0.1, -0.05) is 54.6 Å². The molecule has 28 heavy (non-hydrogen) atoms. The Morgan fingerprint density at radius 3 is 2.75 bits per heavy atom. The van der Waals surface area contributed by atoms with Crippen molar-refractivity contribution >= 4 is 10.9 Å². The molecule has 0 saturated carbocycles. The number of hydrogen-bond acceptors (Lipinski definition) is 4. The third-order valence-corrected chi connectivity index (χ3v) is 5.11. The lowest BCUT2D eigenvalue weighted by Crippen LogP contribution is -2.36. The van der Waals surface area contributed by atoms with Crippen molar-refractivity contribution in [3.63, 3.8) is 0 Å². The first-order valence-electron chi connectivity index (χ1n) is 9.63. The van der Waals surface area contributed by atoms with Crippen molar-refractivity contribution in [2.45, 2.75) is 25.8 Å². The quantitative estimate of drug-likeness (QED) is 0.581. The number of para-hydroxylation sites is 1. The van der Waals surface area contributed by atoms with Crippen molar-refractivity contribution in [1.82, 2.24) is 19.9 Å². The molecule has 0 amide bonds. The normalized spacial score (nSPS) is 16.2. The van der Waals surface area contributed by atoms with Gasteiger partial charge in [-0.25, -0.2) is 4.98 Å². The van der Waals surface area contributed by atoms with E-state index in [9.17, 15) is 0 Å². The Labute approximate surface area is 164 Å². The van der Waals surface area contributed by atoms with E-state index in [2.05, 4.69) is 46.4 Å². The molecule has 0 spiro atoms. The van der Waals surface area contributed by atoms with E-state index in [4.69, 9.17) is 14.7 Å². The maximum Gasteiger partial charge on any atom is 0.135 e. The summed E-state index contributed by atoms with van der Waals surface area (Å²) in [6.45, 7) is 2.88. The first-order chi connectivity index (χ1) is 13.8. The molecule has 3 heterocycles. The van der Waals surface area contributed by atoms with Gasteiger partial charge in [0.25, 0.3) is 0 Å². The predicted molar refractivity (Wildman–Crippen MR) is 110 cm³/mol. The molecular weight excluding hydrogens is 348 g/mol. The molecule has 5 heteroatoms. The molecule has 2 aromatic heterocycles. The maximum absolute atomic E-state index is 6.00. The third-order valence-electron chi connectivity index (χ3n) is 5.11. The van der Waals surface area contributed by atoms with Gasteiger partial charge in [-0.3, -0.25) is 4.98 Å². The lowest BCUT2D eigenvalue weighted by molar-refractivity contribution is 0.00275. The van der Waals surface area contributed by atoms with Crippen LogP contribution < -0.4 is 5.32 Å². The fraction of sp³-hybridized carbons (Fsp3) is 0.217. The number of hydrogen-bond donors (Lipinski definition) is 1. The first-order valence-corrected chi connectivity index (χ1v) is 9.63. The Kier molecular flexibility index (Phi) is 4.61. The minimum absolute atomic E-state index is 0.130. The lowest BCUT2D eigenvalue weighted by Gasteiger charge is -2.24. The molecule has 0 saturated heterocycles. The van der Waals surface area contributed by atoms with Crippen LogP contribution in [-0.4, -0.2) is 27.2 Å². The maximum atomic E-state index is 6.00. The Bertz CT molecular complexity index is 1090. The van der Waals surface area contributed by atoms with Crippen molar-refractivity contribution in [1.29, 1.82) is 0 Å². The molecule has 1 N–H and O–H groups in total. The summed E-state index contributed by atoms with van der Waals surface area (Å²) in [5, 5.41) is 4.65. The van der Waals surface area contributed by atoms with Crippen molar-refractivity contribution in [2.24, 2.45) is 0 Å². The van der Waals surface area contributed by atoms with Gasteiger partial charge in [0.2, 0.25) is 0 Å². The van der Waals surface area contributed by atoms with Crippen molar-refractivity contribution < 1.29 is 4.74 Å². The van der Waals surface area contributed by atoms with Gasteiger partial charge < -0.3 is 14.6 Å². The van der Waals surface area contributed by atoms with Crippen molar-refractivity contribution in [3.05, 3.63) is 84.4 Å². The molecule has 4 aromatic rings. The second-order valence-electron chi connectivity index (χ2n) is 7.12. The van der Waals surface area contributed by atoms with Gasteiger partial charge in [0.05, 0.1) is 29.6 Å². The molecule has 140 valence electrons. The Hall–Kier alpha value is -3.02. The van der Waals surface area contributed by atoms with Crippen LogP contribution in [0.2, 0.25) is 0 Å². The fourth-order valence-electron chi connectivity index (χ4n) is 3.63. The number of nitrogens with one attached hydrogen (secondary N) is 1. The Morgan fingerprint density at radius 2 is 1.82 bits per heavy atom. The molecule has 1 aliphatic rings. The number of pyridine rings is 1. The van der Waals surface area contributed by atoms with E-state index in [1.807, 2.05) is 36.4 Å². The first kappa shape index (κ1) is 17.1. The van der Waals surface area contributed by atoms with Crippen LogP contribution in [-0.2, 0) is 24.4 Å². The molecule has 1 aliphatic heterocycles. The lowest BCUT2D eigenvalue weighted by atomic mass is 10.2. The molecule has 5 nitrogen and oxygen atoms in total. The summed E-state index contributed by atoms with van der Waals surface area (Å²) in [5.74, 6) is 0.992. The van der Waals surface area contributed by atoms with E-state index in [0.29, 0.717) is 6.61 Å². The highest BCUT2D eigenvalue weighted by Crippen LogP contribution is 2.22. The van der Waals surface area contributed by atoms with E-state index in [1.165, 1.54) is 5.39 Å². The average Bonchev–Trinajstić information content (AvgIpc) is 3.18. The molecule has 0 radical (unpaired) electrons. The van der Waals surface area contributed by atoms with E-state index < -0.39 is 0 Å². The Balaban J connectivity index is 1.20. The zero-order chi connectivity index (χ0) is 18.8. The van der Waals surface area contributed by atoms with E-state index in [-0.39, 0.29) is 6.10 Å². The topological polar surface area (TPSA) is 52.0 Å². The van der Waals surface area contributed by atoms with Crippen LogP contribution >= 0.6 is 0 Å². The van der Waals surface area contributed by atoms with Gasteiger partial charge in [-0.15, -0.1) is 0 Å². The third kappa shape index (κ3) is 3.54. The van der Waals surface area contributed by atoms with Crippen LogP contribution in [0.15, 0.2) is 72.9 Å². The smallest absolute Gasteiger partial charge is 0.135 e. The van der Waals surface area contributed by atoms with Crippen LogP contribution in [0, 0.1) is 0 Å². The molecular formula is C23H22N4O. The zero-order valence-corrected chi connectivity index (χ0v) is 15.6. The van der Waals surface area contributed by atoms with Crippen molar-refractivity contribution in [2.75, 3.05) is 6.54 Å². The van der Waals surface area contributed by atoms with Crippen LogP contribution in [0.25, 0.3) is 22.2 Å². The molecule has 2 aromatic carbocycles. The SMILES string of the molecule is c1ccc(-c2cn3c(n2)CO[C@@H](CNCc2ccc4ccccc4n2)C3)cc1. The number of nitrogens with zero attached hydrogens (tertiary/aromatic N) is 3. The summed E-state index contributed by atoms with van der Waals surface area (Å²) < 4.78 is 8.21. The summed E-state index contributed by atoms with van der Waals surface area (Å²) >= 11 is 0. The number of imidazole rings is 1. The average molecular weight is 370 g/mol. The molecule has 0 fully saturated rings. The van der Waals surface area contributed by atoms with Crippen LogP contribution in [0.3, 0.4) is 0 Å². The predicted octanol–water partition coefficient (Wildman–Crippen LogP) is 3.79. The number of ether oxygens (including phenoxy) is 1. The highest BCUT2D eigenvalue weighted by atomic mass is 16.5. The molecule has 0 unspecified atom stereocenters. The summed E-state index contributed by atoms with van der Waals surface area (Å²) in [5.41, 5.74) is 4.23. The van der Waals surface area contributed by atoms with Crippen LogP contribution in [0.5, 0.6) is 0 Å². The summed E-state index contributed by atoms with van der Waals surface area (Å²) in [7, 11) is 0. The molecule has 5 rings (SSSR count). The number of rotatable bonds is 5. The largest absolute Gasteiger partial charge is 0.367 e. The van der Waals surface area contributed by atoms with Crippen LogP contribution in [0.4, 0.5) is 0 Å². The monoisotopic (exact) mass is 370 g/mol. The van der Waals surface area contributed by atoms with Gasteiger partial charge in [0.1, 0.15) is 12.4 Å². The van der Waals surface area contributed by atoms with Gasteiger partial charge in [0.15, 0.2) is 0 Å². The van der Waals surface area contributed by atoms with Gasteiger partial charge in [-0.05, 0) is 12.1 Å². The van der Waals surface area contributed by atoms with E-state index >= 15 is 0 Å².